The maximum Gasteiger partial charge on any atom is 0.325 e. The Labute approximate surface area is 96.8 Å². The van der Waals surface area contributed by atoms with Gasteiger partial charge in [-0.05, 0) is 24.6 Å². The van der Waals surface area contributed by atoms with E-state index in [2.05, 4.69) is 9.97 Å². The van der Waals surface area contributed by atoms with Gasteiger partial charge in [-0.2, -0.15) is 0 Å². The van der Waals surface area contributed by atoms with Gasteiger partial charge in [-0.3, -0.25) is 9.78 Å². The third kappa shape index (κ3) is 2.44. The molecular weight excluding hydrogens is 220 g/mol. The monoisotopic (exact) mass is 232 g/mol. The van der Waals surface area contributed by atoms with Crippen molar-refractivity contribution in [2.24, 2.45) is 0 Å². The van der Waals surface area contributed by atoms with Crippen LogP contribution in [0, 0.1) is 6.92 Å². The summed E-state index contributed by atoms with van der Waals surface area (Å²) >= 11 is 0. The lowest BCUT2D eigenvalue weighted by molar-refractivity contribution is 0.474. The standard InChI is InChI=1S/C12H12N2O3/c1-7-10(11(16)14-12(17)13-7)6-8-3-2-4-9(15)5-8/h2-5,15H,6H2,1H3,(H2,13,14,16,17). The highest BCUT2D eigenvalue weighted by Crippen LogP contribution is 2.14. The van der Waals surface area contributed by atoms with Gasteiger partial charge in [-0.25, -0.2) is 4.79 Å². The zero-order valence-electron chi connectivity index (χ0n) is 9.28. The number of nitrogens with one attached hydrogen (secondary N) is 2. The molecule has 0 saturated heterocycles. The highest BCUT2D eigenvalue weighted by Gasteiger charge is 2.07. The summed E-state index contributed by atoms with van der Waals surface area (Å²) in [7, 11) is 0. The first-order valence-corrected chi connectivity index (χ1v) is 5.16. The summed E-state index contributed by atoms with van der Waals surface area (Å²) in [6.07, 6.45) is 0.367. The number of hydrogen-bond donors (Lipinski definition) is 3. The van der Waals surface area contributed by atoms with Crippen molar-refractivity contribution >= 4 is 0 Å². The van der Waals surface area contributed by atoms with E-state index in [1.165, 1.54) is 0 Å². The lowest BCUT2D eigenvalue weighted by Gasteiger charge is -2.04. The zero-order chi connectivity index (χ0) is 12.4. The average Bonchev–Trinajstić information content (AvgIpc) is 2.23. The smallest absolute Gasteiger partial charge is 0.325 e. The van der Waals surface area contributed by atoms with E-state index < -0.39 is 11.2 Å². The molecule has 3 N–H and O–H groups in total. The van der Waals surface area contributed by atoms with Gasteiger partial charge in [0.15, 0.2) is 0 Å². The van der Waals surface area contributed by atoms with Crippen molar-refractivity contribution in [3.05, 3.63) is 61.9 Å². The molecule has 1 aromatic heterocycles. The topological polar surface area (TPSA) is 86.0 Å². The van der Waals surface area contributed by atoms with Crippen LogP contribution >= 0.6 is 0 Å². The summed E-state index contributed by atoms with van der Waals surface area (Å²) in [5.41, 5.74) is 0.949. The van der Waals surface area contributed by atoms with E-state index in [0.29, 0.717) is 17.7 Å². The maximum atomic E-state index is 11.6. The minimum Gasteiger partial charge on any atom is -0.508 e. The van der Waals surface area contributed by atoms with Gasteiger partial charge in [0.05, 0.1) is 0 Å². The third-order valence-corrected chi connectivity index (χ3v) is 2.55. The number of rotatable bonds is 2. The van der Waals surface area contributed by atoms with Crippen molar-refractivity contribution < 1.29 is 5.11 Å². The minimum atomic E-state index is -0.507. The number of aromatic nitrogens is 2. The van der Waals surface area contributed by atoms with E-state index in [1.807, 2.05) is 6.07 Å². The van der Waals surface area contributed by atoms with E-state index in [9.17, 15) is 14.7 Å². The van der Waals surface area contributed by atoms with Crippen LogP contribution in [0.3, 0.4) is 0 Å². The Morgan fingerprint density at radius 3 is 2.65 bits per heavy atom. The number of aryl methyl sites for hydroxylation is 1. The second-order valence-electron chi connectivity index (χ2n) is 3.86. The van der Waals surface area contributed by atoms with Gasteiger partial charge in [0.1, 0.15) is 5.75 Å². The van der Waals surface area contributed by atoms with Crippen molar-refractivity contribution in [1.29, 1.82) is 0 Å². The van der Waals surface area contributed by atoms with Crippen molar-refractivity contribution in [3.8, 4) is 5.75 Å². The second-order valence-corrected chi connectivity index (χ2v) is 3.86. The lowest BCUT2D eigenvalue weighted by atomic mass is 10.1. The molecule has 0 bridgehead atoms. The summed E-state index contributed by atoms with van der Waals surface area (Å²) in [4.78, 5) is 27.4. The first-order valence-electron chi connectivity index (χ1n) is 5.16. The Bertz CT molecular complexity index is 655. The van der Waals surface area contributed by atoms with E-state index in [0.717, 1.165) is 5.56 Å². The molecule has 17 heavy (non-hydrogen) atoms. The highest BCUT2D eigenvalue weighted by molar-refractivity contribution is 5.32. The Kier molecular flexibility index (Phi) is 2.82. The second kappa shape index (κ2) is 4.29. The average molecular weight is 232 g/mol. The van der Waals surface area contributed by atoms with Crippen LogP contribution in [-0.2, 0) is 6.42 Å². The van der Waals surface area contributed by atoms with Gasteiger partial charge in [0, 0.05) is 17.7 Å². The molecule has 0 atom stereocenters. The van der Waals surface area contributed by atoms with Crippen LogP contribution in [0.2, 0.25) is 0 Å². The molecule has 2 rings (SSSR count). The number of benzene rings is 1. The van der Waals surface area contributed by atoms with Gasteiger partial charge >= 0.3 is 5.69 Å². The van der Waals surface area contributed by atoms with Crippen LogP contribution in [0.4, 0.5) is 0 Å². The fraction of sp³-hybridized carbons (Fsp3) is 0.167. The zero-order valence-corrected chi connectivity index (χ0v) is 9.28. The van der Waals surface area contributed by atoms with Crippen LogP contribution in [0.15, 0.2) is 33.9 Å². The first-order chi connectivity index (χ1) is 8.06. The quantitative estimate of drug-likeness (QED) is 0.711. The third-order valence-electron chi connectivity index (χ3n) is 2.55. The molecular formula is C12H12N2O3. The van der Waals surface area contributed by atoms with Crippen LogP contribution in [0.25, 0.3) is 0 Å². The number of H-pyrrole nitrogens is 2. The predicted octanol–water partition coefficient (Wildman–Crippen LogP) is 0.668. The summed E-state index contributed by atoms with van der Waals surface area (Å²) in [5, 5.41) is 9.33. The minimum absolute atomic E-state index is 0.154. The van der Waals surface area contributed by atoms with Crippen LogP contribution in [0.5, 0.6) is 5.75 Å². The summed E-state index contributed by atoms with van der Waals surface area (Å²) in [5.74, 6) is 0.154. The van der Waals surface area contributed by atoms with Gasteiger partial charge in [0.2, 0.25) is 0 Å². The van der Waals surface area contributed by atoms with Crippen LogP contribution in [0.1, 0.15) is 16.8 Å². The Morgan fingerprint density at radius 2 is 2.00 bits per heavy atom. The van der Waals surface area contributed by atoms with Gasteiger partial charge in [-0.1, -0.05) is 12.1 Å². The fourth-order valence-electron chi connectivity index (χ4n) is 1.71. The maximum absolute atomic E-state index is 11.6. The van der Waals surface area contributed by atoms with Crippen molar-refractivity contribution in [3.63, 3.8) is 0 Å². The molecule has 0 amide bonds. The number of phenolic OH excluding ortho intramolecular Hbond substituents is 1. The van der Waals surface area contributed by atoms with Crippen LogP contribution in [-0.4, -0.2) is 15.1 Å². The molecule has 0 unspecified atom stereocenters. The molecule has 1 heterocycles. The Morgan fingerprint density at radius 1 is 1.24 bits per heavy atom. The van der Waals surface area contributed by atoms with E-state index in [-0.39, 0.29) is 5.75 Å². The first kappa shape index (κ1) is 11.2. The normalized spacial score (nSPS) is 10.4. The molecule has 0 aliphatic heterocycles. The molecule has 0 saturated carbocycles. The van der Waals surface area contributed by atoms with E-state index >= 15 is 0 Å². The molecule has 5 heteroatoms. The summed E-state index contributed by atoms with van der Waals surface area (Å²) in [6, 6.07) is 6.67. The fourth-order valence-corrected chi connectivity index (χ4v) is 1.71. The number of phenols is 1. The molecule has 1 aromatic carbocycles. The van der Waals surface area contributed by atoms with Crippen molar-refractivity contribution in [1.82, 2.24) is 9.97 Å². The SMILES string of the molecule is Cc1[nH]c(=O)[nH]c(=O)c1Cc1cccc(O)c1. The van der Waals surface area contributed by atoms with Crippen molar-refractivity contribution in [2.45, 2.75) is 13.3 Å². The molecule has 0 aliphatic rings. The van der Waals surface area contributed by atoms with E-state index in [1.54, 1.807) is 25.1 Å². The van der Waals surface area contributed by atoms with Gasteiger partial charge in [0.25, 0.3) is 5.56 Å². The largest absolute Gasteiger partial charge is 0.508 e. The van der Waals surface area contributed by atoms with Crippen molar-refractivity contribution in [2.75, 3.05) is 0 Å². The molecule has 0 fully saturated rings. The predicted molar refractivity (Wildman–Crippen MR) is 63.3 cm³/mol. The number of aromatic amines is 2. The summed E-state index contributed by atoms with van der Waals surface area (Å²) < 4.78 is 0. The number of aromatic hydroxyl groups is 1. The molecule has 0 spiro atoms. The number of hydrogen-bond acceptors (Lipinski definition) is 3. The van der Waals surface area contributed by atoms with E-state index in [4.69, 9.17) is 0 Å². The van der Waals surface area contributed by atoms with Crippen LogP contribution < -0.4 is 11.2 Å². The molecule has 88 valence electrons. The summed E-state index contributed by atoms with van der Waals surface area (Å²) in [6.45, 7) is 1.68. The Hall–Kier alpha value is -2.30. The molecule has 0 radical (unpaired) electrons. The molecule has 0 aliphatic carbocycles. The molecule has 5 nitrogen and oxygen atoms in total. The van der Waals surface area contributed by atoms with Gasteiger partial charge in [-0.15, -0.1) is 0 Å². The Balaban J connectivity index is 2.43. The molecule has 2 aromatic rings. The lowest BCUT2D eigenvalue weighted by Crippen LogP contribution is -2.27. The van der Waals surface area contributed by atoms with Gasteiger partial charge < -0.3 is 10.1 Å². The highest BCUT2D eigenvalue weighted by atomic mass is 16.3.